The van der Waals surface area contributed by atoms with E-state index in [0.29, 0.717) is 18.9 Å². The smallest absolute Gasteiger partial charge is 0.251 e. The highest BCUT2D eigenvalue weighted by Crippen LogP contribution is 2.25. The van der Waals surface area contributed by atoms with Gasteiger partial charge in [0.1, 0.15) is 5.52 Å². The van der Waals surface area contributed by atoms with Crippen LogP contribution in [0.2, 0.25) is 0 Å². The maximum Gasteiger partial charge on any atom is 0.251 e. The second-order valence-electron chi connectivity index (χ2n) is 6.40. The first-order valence-corrected chi connectivity index (χ1v) is 8.71. The highest BCUT2D eigenvalue weighted by atomic mass is 35.5. The van der Waals surface area contributed by atoms with Gasteiger partial charge in [-0.25, -0.2) is 4.98 Å². The molecule has 0 unspecified atom stereocenters. The maximum absolute atomic E-state index is 12.5. The van der Waals surface area contributed by atoms with E-state index in [-0.39, 0.29) is 18.3 Å². The van der Waals surface area contributed by atoms with E-state index in [1.807, 2.05) is 43.3 Å². The molecule has 0 saturated heterocycles. The summed E-state index contributed by atoms with van der Waals surface area (Å²) in [5, 5.41) is 6.34. The van der Waals surface area contributed by atoms with Crippen LogP contribution in [0.5, 0.6) is 0 Å². The lowest BCUT2D eigenvalue weighted by Gasteiger charge is -2.20. The molecule has 1 amide bonds. The van der Waals surface area contributed by atoms with Crippen molar-refractivity contribution in [3.63, 3.8) is 0 Å². The molecule has 2 N–H and O–H groups in total. The number of hydrogen-bond acceptors (Lipinski definition) is 4. The third-order valence-electron chi connectivity index (χ3n) is 4.63. The SMILES string of the molecule is Cc1cccc2oc(CCNC(=O)c3cccc4c3CCCN4)nc12.Cl. The molecule has 0 aliphatic carbocycles. The lowest BCUT2D eigenvalue weighted by Crippen LogP contribution is -2.28. The molecule has 0 spiro atoms. The number of oxazole rings is 1. The normalized spacial score (nSPS) is 12.8. The van der Waals surface area contributed by atoms with Gasteiger partial charge in [0.25, 0.3) is 5.91 Å². The number of nitrogens with zero attached hydrogens (tertiary/aromatic N) is 1. The molecule has 5 nitrogen and oxygen atoms in total. The Balaban J connectivity index is 0.00000196. The number of rotatable bonds is 4. The van der Waals surface area contributed by atoms with E-state index in [0.717, 1.165) is 52.9 Å². The Morgan fingerprint density at radius 2 is 2.12 bits per heavy atom. The summed E-state index contributed by atoms with van der Waals surface area (Å²) in [5.74, 6) is 0.620. The number of hydrogen-bond donors (Lipinski definition) is 2. The largest absolute Gasteiger partial charge is 0.441 e. The van der Waals surface area contributed by atoms with Gasteiger partial charge in [0.05, 0.1) is 0 Å². The first kappa shape index (κ1) is 18.3. The standard InChI is InChI=1S/C20H21N3O2.ClH/c1-13-5-2-9-17-19(13)23-18(25-17)10-12-22-20(24)15-6-3-8-16-14(15)7-4-11-21-16;/h2-3,5-6,8-9,21H,4,7,10-12H2,1H3,(H,22,24);1H. The number of carbonyl (C=O) groups is 1. The van der Waals surface area contributed by atoms with Crippen molar-refractivity contribution >= 4 is 35.1 Å². The van der Waals surface area contributed by atoms with Crippen molar-refractivity contribution in [2.24, 2.45) is 0 Å². The summed E-state index contributed by atoms with van der Waals surface area (Å²) < 4.78 is 5.75. The molecule has 26 heavy (non-hydrogen) atoms. The second-order valence-corrected chi connectivity index (χ2v) is 6.40. The van der Waals surface area contributed by atoms with E-state index >= 15 is 0 Å². The Labute approximate surface area is 158 Å². The predicted molar refractivity (Wildman–Crippen MR) is 105 cm³/mol. The number of nitrogens with one attached hydrogen (secondary N) is 2. The molecule has 2 heterocycles. The molecule has 0 radical (unpaired) electrons. The number of aryl methyl sites for hydroxylation is 1. The van der Waals surface area contributed by atoms with Gasteiger partial charge in [-0.05, 0) is 49.1 Å². The average molecular weight is 372 g/mol. The van der Waals surface area contributed by atoms with Gasteiger partial charge in [-0.1, -0.05) is 18.2 Å². The summed E-state index contributed by atoms with van der Waals surface area (Å²) in [7, 11) is 0. The number of anilines is 1. The first-order valence-electron chi connectivity index (χ1n) is 8.71. The van der Waals surface area contributed by atoms with Crippen molar-refractivity contribution in [2.45, 2.75) is 26.2 Å². The van der Waals surface area contributed by atoms with Crippen LogP contribution in [0.15, 0.2) is 40.8 Å². The van der Waals surface area contributed by atoms with Crippen molar-refractivity contribution in [2.75, 3.05) is 18.4 Å². The molecule has 4 rings (SSSR count). The third kappa shape index (κ3) is 3.53. The zero-order chi connectivity index (χ0) is 17.2. The Hall–Kier alpha value is -2.53. The number of fused-ring (bicyclic) bond motifs is 2. The second kappa shape index (κ2) is 7.79. The molecule has 1 aliphatic heterocycles. The van der Waals surface area contributed by atoms with Crippen LogP contribution in [-0.4, -0.2) is 24.0 Å². The number of carbonyl (C=O) groups excluding carboxylic acids is 1. The minimum Gasteiger partial charge on any atom is -0.441 e. The predicted octanol–water partition coefficient (Wildman–Crippen LogP) is 3.89. The molecule has 0 fully saturated rings. The molecule has 1 aromatic heterocycles. The Kier molecular flexibility index (Phi) is 5.47. The lowest BCUT2D eigenvalue weighted by atomic mass is 9.97. The van der Waals surface area contributed by atoms with Gasteiger partial charge in [0.2, 0.25) is 0 Å². The fourth-order valence-electron chi connectivity index (χ4n) is 3.34. The van der Waals surface area contributed by atoms with E-state index in [1.54, 1.807) is 0 Å². The van der Waals surface area contributed by atoms with Gasteiger partial charge < -0.3 is 15.1 Å². The summed E-state index contributed by atoms with van der Waals surface area (Å²) in [6.45, 7) is 3.49. The van der Waals surface area contributed by atoms with Crippen LogP contribution in [0.4, 0.5) is 5.69 Å². The number of amides is 1. The number of halogens is 1. The average Bonchev–Trinajstić information content (AvgIpc) is 3.05. The fraction of sp³-hybridized carbons (Fsp3) is 0.300. The van der Waals surface area contributed by atoms with Crippen LogP contribution in [0.3, 0.4) is 0 Å². The molecule has 6 heteroatoms. The number of para-hydroxylation sites is 1. The van der Waals surface area contributed by atoms with E-state index in [1.165, 1.54) is 0 Å². The summed E-state index contributed by atoms with van der Waals surface area (Å²) in [6, 6.07) is 11.7. The molecule has 2 aromatic carbocycles. The summed E-state index contributed by atoms with van der Waals surface area (Å²) in [5.41, 5.74) is 5.74. The molecule has 0 atom stereocenters. The van der Waals surface area contributed by atoms with Gasteiger partial charge in [-0.15, -0.1) is 12.4 Å². The molecule has 3 aromatic rings. The summed E-state index contributed by atoms with van der Waals surface area (Å²) in [6.07, 6.45) is 2.57. The zero-order valence-corrected chi connectivity index (χ0v) is 15.5. The Morgan fingerprint density at radius 3 is 2.96 bits per heavy atom. The van der Waals surface area contributed by atoms with E-state index < -0.39 is 0 Å². The molecule has 0 bridgehead atoms. The van der Waals surface area contributed by atoms with Crippen molar-refractivity contribution in [1.29, 1.82) is 0 Å². The van der Waals surface area contributed by atoms with Crippen LogP contribution in [-0.2, 0) is 12.8 Å². The lowest BCUT2D eigenvalue weighted by molar-refractivity contribution is 0.0952. The fourth-order valence-corrected chi connectivity index (χ4v) is 3.34. The number of aromatic nitrogens is 1. The van der Waals surface area contributed by atoms with Crippen LogP contribution in [0.1, 0.15) is 33.8 Å². The van der Waals surface area contributed by atoms with Crippen LogP contribution < -0.4 is 10.6 Å². The van der Waals surface area contributed by atoms with Gasteiger partial charge in [-0.3, -0.25) is 4.79 Å². The van der Waals surface area contributed by atoms with E-state index in [4.69, 9.17) is 4.42 Å². The first-order chi connectivity index (χ1) is 12.2. The molecule has 0 saturated carbocycles. The number of benzene rings is 2. The summed E-state index contributed by atoms with van der Waals surface area (Å²) in [4.78, 5) is 17.1. The molecular weight excluding hydrogens is 350 g/mol. The maximum atomic E-state index is 12.5. The highest BCUT2D eigenvalue weighted by Gasteiger charge is 2.17. The molecule has 136 valence electrons. The summed E-state index contributed by atoms with van der Waals surface area (Å²) >= 11 is 0. The van der Waals surface area contributed by atoms with Gasteiger partial charge in [0, 0.05) is 30.8 Å². The van der Waals surface area contributed by atoms with Gasteiger partial charge in [0.15, 0.2) is 11.5 Å². The Bertz CT molecular complexity index is 936. The van der Waals surface area contributed by atoms with Crippen LogP contribution in [0.25, 0.3) is 11.1 Å². The monoisotopic (exact) mass is 371 g/mol. The third-order valence-corrected chi connectivity index (χ3v) is 4.63. The molecule has 1 aliphatic rings. The van der Waals surface area contributed by atoms with E-state index in [9.17, 15) is 4.79 Å². The van der Waals surface area contributed by atoms with Crippen LogP contribution >= 0.6 is 12.4 Å². The van der Waals surface area contributed by atoms with Gasteiger partial charge >= 0.3 is 0 Å². The van der Waals surface area contributed by atoms with Crippen molar-refractivity contribution < 1.29 is 9.21 Å². The van der Waals surface area contributed by atoms with Gasteiger partial charge in [-0.2, -0.15) is 0 Å². The van der Waals surface area contributed by atoms with E-state index in [2.05, 4.69) is 15.6 Å². The highest BCUT2D eigenvalue weighted by molar-refractivity contribution is 5.97. The van der Waals surface area contributed by atoms with Crippen LogP contribution in [0, 0.1) is 6.92 Å². The minimum absolute atomic E-state index is 0. The topological polar surface area (TPSA) is 67.2 Å². The van der Waals surface area contributed by atoms with Crippen molar-refractivity contribution in [1.82, 2.24) is 10.3 Å². The zero-order valence-electron chi connectivity index (χ0n) is 14.7. The minimum atomic E-state index is -0.0344. The molecular formula is C20H22ClN3O2. The Morgan fingerprint density at radius 1 is 1.27 bits per heavy atom. The quantitative estimate of drug-likeness (QED) is 0.730. The van der Waals surface area contributed by atoms with Crippen molar-refractivity contribution in [3.8, 4) is 0 Å². The van der Waals surface area contributed by atoms with Crippen molar-refractivity contribution in [3.05, 3.63) is 59.0 Å².